The van der Waals surface area contributed by atoms with Gasteiger partial charge in [0.1, 0.15) is 17.2 Å². The second-order valence-corrected chi connectivity index (χ2v) is 8.82. The Hall–Kier alpha value is -3.95. The molecule has 1 fully saturated rings. The Morgan fingerprint density at radius 3 is 2.64 bits per heavy atom. The van der Waals surface area contributed by atoms with Gasteiger partial charge >= 0.3 is 0 Å². The van der Waals surface area contributed by atoms with Gasteiger partial charge in [-0.1, -0.05) is 17.7 Å². The zero-order chi connectivity index (χ0) is 24.9. The number of pyridine rings is 1. The summed E-state index contributed by atoms with van der Waals surface area (Å²) in [6, 6.07) is 17.3. The van der Waals surface area contributed by atoms with Crippen molar-refractivity contribution in [2.75, 3.05) is 44.7 Å². The average Bonchev–Trinajstić information content (AvgIpc) is 3.20. The number of carbonyl (C=O) groups is 1. The van der Waals surface area contributed by atoms with Crippen LogP contribution in [0, 0.1) is 6.92 Å². The molecule has 0 spiro atoms. The predicted octanol–water partition coefficient (Wildman–Crippen LogP) is 3.87. The normalized spacial score (nSPS) is 14.1. The zero-order valence-electron chi connectivity index (χ0n) is 20.5. The number of rotatable bonds is 8. The number of anilines is 2. The van der Waals surface area contributed by atoms with Gasteiger partial charge in [0.25, 0.3) is 5.91 Å². The van der Waals surface area contributed by atoms with E-state index in [9.17, 15) is 4.79 Å². The number of aromatic nitrogens is 3. The molecule has 2 N–H and O–H groups in total. The summed E-state index contributed by atoms with van der Waals surface area (Å²) in [5.74, 6) is 1.69. The fourth-order valence-electron chi connectivity index (χ4n) is 4.10. The lowest BCUT2D eigenvalue weighted by molar-refractivity contribution is 0.0383. The van der Waals surface area contributed by atoms with E-state index < -0.39 is 0 Å². The van der Waals surface area contributed by atoms with E-state index in [0.29, 0.717) is 23.7 Å². The minimum atomic E-state index is -0.222. The van der Waals surface area contributed by atoms with E-state index in [1.54, 1.807) is 18.3 Å². The van der Waals surface area contributed by atoms with Crippen molar-refractivity contribution in [3.63, 3.8) is 0 Å². The maximum absolute atomic E-state index is 12.6. The summed E-state index contributed by atoms with van der Waals surface area (Å²) in [7, 11) is 1.97. The standard InChI is InChI=1S/C27H30N6O3/c1-19-3-5-20(6-4-19)30-27-31-23-17-21(7-8-25(23)32(27)2)36-22-9-10-28-24(18-22)26(34)29-11-12-33-13-15-35-16-14-33/h3-10,17-18H,11-16H2,1-2H3,(H,29,34)(H,30,31). The topological polar surface area (TPSA) is 93.5 Å². The molecule has 5 rings (SSSR count). The SMILES string of the molecule is Cc1ccc(Nc2nc3cc(Oc4ccnc(C(=O)NCCN5CCOCC5)c4)ccc3n2C)cc1. The number of aryl methyl sites for hydroxylation is 2. The number of morpholine rings is 1. The first kappa shape index (κ1) is 23.8. The zero-order valence-corrected chi connectivity index (χ0v) is 20.5. The van der Waals surface area contributed by atoms with Crippen LogP contribution < -0.4 is 15.4 Å². The molecule has 0 saturated carbocycles. The summed E-state index contributed by atoms with van der Waals surface area (Å²) in [6.45, 7) is 6.67. The number of nitrogens with zero attached hydrogens (tertiary/aromatic N) is 4. The summed E-state index contributed by atoms with van der Waals surface area (Å²) in [4.78, 5) is 23.8. The summed E-state index contributed by atoms with van der Waals surface area (Å²) >= 11 is 0. The third kappa shape index (κ3) is 5.64. The Morgan fingerprint density at radius 2 is 1.83 bits per heavy atom. The van der Waals surface area contributed by atoms with Gasteiger partial charge in [0.05, 0.1) is 24.2 Å². The maximum Gasteiger partial charge on any atom is 0.270 e. The summed E-state index contributed by atoms with van der Waals surface area (Å²) in [5, 5.41) is 6.30. The number of benzene rings is 2. The van der Waals surface area contributed by atoms with Crippen LogP contribution in [0.4, 0.5) is 11.6 Å². The molecule has 1 amide bonds. The van der Waals surface area contributed by atoms with Crippen molar-refractivity contribution in [3.05, 3.63) is 72.1 Å². The van der Waals surface area contributed by atoms with Crippen molar-refractivity contribution in [2.24, 2.45) is 7.05 Å². The van der Waals surface area contributed by atoms with E-state index in [1.165, 1.54) is 5.56 Å². The Kier molecular flexibility index (Phi) is 7.11. The van der Waals surface area contributed by atoms with Gasteiger partial charge in [0.2, 0.25) is 5.95 Å². The molecule has 1 saturated heterocycles. The molecule has 0 bridgehead atoms. The van der Waals surface area contributed by atoms with Crippen molar-refractivity contribution >= 4 is 28.6 Å². The molecule has 2 aromatic heterocycles. The third-order valence-electron chi connectivity index (χ3n) is 6.18. The smallest absolute Gasteiger partial charge is 0.270 e. The van der Waals surface area contributed by atoms with Gasteiger partial charge in [-0.15, -0.1) is 0 Å². The first-order chi connectivity index (χ1) is 17.5. The third-order valence-corrected chi connectivity index (χ3v) is 6.18. The first-order valence-electron chi connectivity index (χ1n) is 12.1. The molecule has 1 aliphatic heterocycles. The Labute approximate surface area is 210 Å². The van der Waals surface area contributed by atoms with Crippen molar-refractivity contribution < 1.29 is 14.3 Å². The number of fused-ring (bicyclic) bond motifs is 1. The van der Waals surface area contributed by atoms with Gasteiger partial charge < -0.3 is 24.7 Å². The highest BCUT2D eigenvalue weighted by Crippen LogP contribution is 2.28. The fraction of sp³-hybridized carbons (Fsp3) is 0.296. The number of nitrogens with one attached hydrogen (secondary N) is 2. The number of carbonyl (C=O) groups excluding carboxylic acids is 1. The van der Waals surface area contributed by atoms with Gasteiger partial charge in [-0.05, 0) is 37.3 Å². The van der Waals surface area contributed by atoms with Gasteiger partial charge in [-0.25, -0.2) is 4.98 Å². The molecule has 9 heteroatoms. The highest BCUT2D eigenvalue weighted by molar-refractivity contribution is 5.92. The molecule has 0 atom stereocenters. The Morgan fingerprint density at radius 1 is 1.06 bits per heavy atom. The van der Waals surface area contributed by atoms with Crippen LogP contribution in [0.3, 0.4) is 0 Å². The highest BCUT2D eigenvalue weighted by Gasteiger charge is 2.13. The molecule has 3 heterocycles. The monoisotopic (exact) mass is 486 g/mol. The summed E-state index contributed by atoms with van der Waals surface area (Å²) in [5.41, 5.74) is 4.28. The lowest BCUT2D eigenvalue weighted by Gasteiger charge is -2.26. The lowest BCUT2D eigenvalue weighted by atomic mass is 10.2. The van der Waals surface area contributed by atoms with E-state index >= 15 is 0 Å². The molecule has 2 aromatic carbocycles. The Balaban J connectivity index is 1.24. The number of ether oxygens (including phenoxy) is 2. The van der Waals surface area contributed by atoms with Crippen molar-refractivity contribution in [1.29, 1.82) is 0 Å². The van der Waals surface area contributed by atoms with Gasteiger partial charge in [-0.3, -0.25) is 14.7 Å². The number of amides is 1. The molecular weight excluding hydrogens is 456 g/mol. The van der Waals surface area contributed by atoms with Crippen LogP contribution in [0.25, 0.3) is 11.0 Å². The predicted molar refractivity (Wildman–Crippen MR) is 139 cm³/mol. The van der Waals surface area contributed by atoms with Crippen molar-refractivity contribution in [1.82, 2.24) is 24.8 Å². The molecule has 36 heavy (non-hydrogen) atoms. The molecule has 1 aliphatic rings. The van der Waals surface area contributed by atoms with E-state index in [0.717, 1.165) is 55.5 Å². The van der Waals surface area contributed by atoms with Crippen molar-refractivity contribution in [2.45, 2.75) is 6.92 Å². The van der Waals surface area contributed by atoms with Crippen LogP contribution in [-0.2, 0) is 11.8 Å². The maximum atomic E-state index is 12.6. The molecule has 0 aliphatic carbocycles. The van der Waals surface area contributed by atoms with Crippen LogP contribution in [-0.4, -0.2) is 64.7 Å². The minimum absolute atomic E-state index is 0.222. The highest BCUT2D eigenvalue weighted by atomic mass is 16.5. The van der Waals surface area contributed by atoms with Gasteiger partial charge in [0, 0.05) is 57.2 Å². The van der Waals surface area contributed by atoms with Crippen LogP contribution in [0.1, 0.15) is 16.1 Å². The molecule has 9 nitrogen and oxygen atoms in total. The Bertz CT molecular complexity index is 1350. The largest absolute Gasteiger partial charge is 0.457 e. The molecule has 0 unspecified atom stereocenters. The molecular formula is C27H30N6O3. The second-order valence-electron chi connectivity index (χ2n) is 8.82. The van der Waals surface area contributed by atoms with Crippen LogP contribution >= 0.6 is 0 Å². The first-order valence-corrected chi connectivity index (χ1v) is 12.1. The number of imidazole rings is 1. The van der Waals surface area contributed by atoms with E-state index in [2.05, 4.69) is 39.6 Å². The van der Waals surface area contributed by atoms with Gasteiger partial charge in [0.15, 0.2) is 0 Å². The summed E-state index contributed by atoms with van der Waals surface area (Å²) < 4.78 is 13.4. The van der Waals surface area contributed by atoms with E-state index in [-0.39, 0.29) is 5.91 Å². The van der Waals surface area contributed by atoms with Gasteiger partial charge in [-0.2, -0.15) is 0 Å². The van der Waals surface area contributed by atoms with Crippen LogP contribution in [0.15, 0.2) is 60.8 Å². The summed E-state index contributed by atoms with van der Waals surface area (Å²) in [6.07, 6.45) is 1.58. The fourth-order valence-corrected chi connectivity index (χ4v) is 4.10. The van der Waals surface area contributed by atoms with E-state index in [1.807, 2.05) is 41.9 Å². The number of hydrogen-bond donors (Lipinski definition) is 2. The second kappa shape index (κ2) is 10.8. The quantitative estimate of drug-likeness (QED) is 0.390. The molecule has 0 radical (unpaired) electrons. The molecule has 4 aromatic rings. The minimum Gasteiger partial charge on any atom is -0.457 e. The average molecular weight is 487 g/mol. The van der Waals surface area contributed by atoms with Crippen LogP contribution in [0.5, 0.6) is 11.5 Å². The van der Waals surface area contributed by atoms with Crippen molar-refractivity contribution in [3.8, 4) is 11.5 Å². The van der Waals surface area contributed by atoms with E-state index in [4.69, 9.17) is 14.5 Å². The lowest BCUT2D eigenvalue weighted by Crippen LogP contribution is -2.41. The number of hydrogen-bond acceptors (Lipinski definition) is 7. The van der Waals surface area contributed by atoms with Crippen LogP contribution in [0.2, 0.25) is 0 Å². The molecule has 186 valence electrons.